The van der Waals surface area contributed by atoms with E-state index in [4.69, 9.17) is 10.5 Å². The lowest BCUT2D eigenvalue weighted by atomic mass is 9.85. The third-order valence-electron chi connectivity index (χ3n) is 6.57. The van der Waals surface area contributed by atoms with Crippen molar-refractivity contribution in [3.8, 4) is 0 Å². The number of hydrogen-bond donors (Lipinski definition) is 1. The molecule has 0 aromatic heterocycles. The van der Waals surface area contributed by atoms with Crippen LogP contribution in [0.15, 0.2) is 0 Å². The molecule has 4 aliphatic rings. The van der Waals surface area contributed by atoms with Gasteiger partial charge < -0.3 is 20.3 Å². The maximum atomic E-state index is 13.0. The first-order valence-electron chi connectivity index (χ1n) is 9.79. The molecule has 1 saturated carbocycles. The van der Waals surface area contributed by atoms with Gasteiger partial charge in [0.15, 0.2) is 0 Å². The van der Waals surface area contributed by atoms with E-state index in [0.717, 1.165) is 19.4 Å². The van der Waals surface area contributed by atoms with Gasteiger partial charge in [-0.15, -0.1) is 0 Å². The van der Waals surface area contributed by atoms with Crippen LogP contribution in [0.5, 0.6) is 0 Å². The average Bonchev–Trinajstić information content (AvgIpc) is 3.22. The van der Waals surface area contributed by atoms with Crippen molar-refractivity contribution in [2.24, 2.45) is 28.9 Å². The molecule has 0 radical (unpaired) electrons. The molecule has 2 N–H and O–H groups in total. The fraction of sp³-hybridized carbons (Fsp3) is 0.895. The first-order valence-corrected chi connectivity index (χ1v) is 9.79. The van der Waals surface area contributed by atoms with Crippen LogP contribution in [0.25, 0.3) is 0 Å². The maximum absolute atomic E-state index is 13.0. The Balaban J connectivity index is 1.44. The molecule has 4 fully saturated rings. The molecule has 6 heteroatoms. The van der Waals surface area contributed by atoms with E-state index in [1.807, 2.05) is 0 Å². The molecule has 4 atom stereocenters. The van der Waals surface area contributed by atoms with Crippen LogP contribution < -0.4 is 5.73 Å². The molecule has 0 bridgehead atoms. The highest BCUT2D eigenvalue weighted by Crippen LogP contribution is 2.41. The molecule has 4 rings (SSSR count). The predicted molar refractivity (Wildman–Crippen MR) is 93.6 cm³/mol. The van der Waals surface area contributed by atoms with Crippen LogP contribution in [-0.4, -0.2) is 66.5 Å². The van der Waals surface area contributed by atoms with Crippen molar-refractivity contribution in [1.29, 1.82) is 0 Å². The Morgan fingerprint density at radius 2 is 1.72 bits per heavy atom. The lowest BCUT2D eigenvalue weighted by Gasteiger charge is -2.31. The van der Waals surface area contributed by atoms with Gasteiger partial charge in [0.2, 0.25) is 0 Å². The zero-order valence-electron chi connectivity index (χ0n) is 15.4. The van der Waals surface area contributed by atoms with Crippen LogP contribution in [-0.2, 0) is 14.3 Å². The lowest BCUT2D eigenvalue weighted by molar-refractivity contribution is -0.152. The summed E-state index contributed by atoms with van der Waals surface area (Å²) < 4.78 is 5.87. The van der Waals surface area contributed by atoms with Gasteiger partial charge in [-0.05, 0) is 42.9 Å². The fourth-order valence-corrected chi connectivity index (χ4v) is 5.07. The molecule has 2 amide bonds. The van der Waals surface area contributed by atoms with Crippen molar-refractivity contribution in [2.45, 2.75) is 51.7 Å². The highest BCUT2D eigenvalue weighted by molar-refractivity contribution is 6.35. The monoisotopic (exact) mass is 349 g/mol. The number of carbonyl (C=O) groups excluding carboxylic acids is 2. The summed E-state index contributed by atoms with van der Waals surface area (Å²) in [7, 11) is 0. The van der Waals surface area contributed by atoms with Gasteiger partial charge in [0.05, 0.1) is 6.10 Å². The van der Waals surface area contributed by atoms with Gasteiger partial charge in [0.25, 0.3) is 0 Å². The van der Waals surface area contributed by atoms with E-state index in [9.17, 15) is 9.59 Å². The second-order valence-electron chi connectivity index (χ2n) is 9.39. The van der Waals surface area contributed by atoms with E-state index in [-0.39, 0.29) is 29.4 Å². The van der Waals surface area contributed by atoms with Crippen molar-refractivity contribution in [3.63, 3.8) is 0 Å². The van der Waals surface area contributed by atoms with Gasteiger partial charge in [-0.25, -0.2) is 0 Å². The number of hydrogen-bond acceptors (Lipinski definition) is 4. The number of likely N-dealkylation sites (tertiary alicyclic amines) is 2. The Morgan fingerprint density at radius 1 is 1.00 bits per heavy atom. The van der Waals surface area contributed by atoms with Gasteiger partial charge in [-0.2, -0.15) is 0 Å². The van der Waals surface area contributed by atoms with E-state index in [0.29, 0.717) is 43.9 Å². The highest BCUT2D eigenvalue weighted by Gasteiger charge is 2.46. The van der Waals surface area contributed by atoms with E-state index in [1.165, 1.54) is 12.8 Å². The lowest BCUT2D eigenvalue weighted by Crippen LogP contribution is -2.48. The van der Waals surface area contributed by atoms with E-state index in [1.54, 1.807) is 9.80 Å². The molecule has 6 nitrogen and oxygen atoms in total. The maximum Gasteiger partial charge on any atom is 0.312 e. The molecule has 0 unspecified atom stereocenters. The van der Waals surface area contributed by atoms with Crippen LogP contribution >= 0.6 is 0 Å². The van der Waals surface area contributed by atoms with Gasteiger partial charge >= 0.3 is 11.8 Å². The minimum absolute atomic E-state index is 0.0254. The van der Waals surface area contributed by atoms with E-state index < -0.39 is 0 Å². The standard InChI is InChI=1S/C19H31N3O3/c1-19(2)7-16-13(5-6-25-16)8-22(11-19)18(24)17(23)21-9-14(12-3-4-12)15(20)10-21/h12-16H,3-11,20H2,1-2H3/t13-,14+,15-,16+/m1/s1. The Bertz CT molecular complexity index is 560. The first kappa shape index (κ1) is 17.3. The summed E-state index contributed by atoms with van der Waals surface area (Å²) in [6.45, 7) is 7.55. The number of fused-ring (bicyclic) bond motifs is 1. The topological polar surface area (TPSA) is 75.9 Å². The van der Waals surface area contributed by atoms with E-state index >= 15 is 0 Å². The number of nitrogens with zero attached hydrogens (tertiary/aromatic N) is 2. The molecule has 3 saturated heterocycles. The van der Waals surface area contributed by atoms with Crippen molar-refractivity contribution >= 4 is 11.8 Å². The Hall–Kier alpha value is -1.14. The van der Waals surface area contributed by atoms with Crippen LogP contribution in [0, 0.1) is 23.2 Å². The van der Waals surface area contributed by atoms with Crippen molar-refractivity contribution < 1.29 is 14.3 Å². The average molecular weight is 349 g/mol. The first-order chi connectivity index (χ1) is 11.8. The molecule has 140 valence electrons. The highest BCUT2D eigenvalue weighted by atomic mass is 16.5. The molecule has 1 aliphatic carbocycles. The minimum atomic E-state index is -0.355. The molecule has 3 aliphatic heterocycles. The molecule has 0 aromatic carbocycles. The zero-order chi connectivity index (χ0) is 17.8. The van der Waals surface area contributed by atoms with Crippen LogP contribution in [0.2, 0.25) is 0 Å². The molecular weight excluding hydrogens is 318 g/mol. The number of carbonyl (C=O) groups is 2. The van der Waals surface area contributed by atoms with Crippen molar-refractivity contribution in [2.75, 3.05) is 32.8 Å². The van der Waals surface area contributed by atoms with Gasteiger partial charge in [0, 0.05) is 44.7 Å². The van der Waals surface area contributed by atoms with E-state index in [2.05, 4.69) is 13.8 Å². The summed E-state index contributed by atoms with van der Waals surface area (Å²) in [6.07, 6.45) is 4.60. The second-order valence-corrected chi connectivity index (χ2v) is 9.39. The van der Waals surface area contributed by atoms with Crippen molar-refractivity contribution in [1.82, 2.24) is 9.80 Å². The molecule has 25 heavy (non-hydrogen) atoms. The quantitative estimate of drug-likeness (QED) is 0.712. The predicted octanol–water partition coefficient (Wildman–Crippen LogP) is 0.846. The number of nitrogens with two attached hydrogens (primary N) is 1. The van der Waals surface area contributed by atoms with Crippen molar-refractivity contribution in [3.05, 3.63) is 0 Å². The number of rotatable bonds is 1. The summed E-state index contributed by atoms with van der Waals surface area (Å²) in [5.41, 5.74) is 6.20. The summed E-state index contributed by atoms with van der Waals surface area (Å²) >= 11 is 0. The zero-order valence-corrected chi connectivity index (χ0v) is 15.4. The van der Waals surface area contributed by atoms with Gasteiger partial charge in [-0.1, -0.05) is 13.8 Å². The van der Waals surface area contributed by atoms with Gasteiger partial charge in [0.1, 0.15) is 0 Å². The summed E-state index contributed by atoms with van der Waals surface area (Å²) in [4.78, 5) is 29.3. The summed E-state index contributed by atoms with van der Waals surface area (Å²) in [5.74, 6) is 0.705. The Kier molecular flexibility index (Phi) is 4.31. The summed E-state index contributed by atoms with van der Waals surface area (Å²) in [5, 5.41) is 0. The Labute approximate surface area is 150 Å². The molecule has 0 aromatic rings. The molecule has 0 spiro atoms. The largest absolute Gasteiger partial charge is 0.378 e. The van der Waals surface area contributed by atoms with Gasteiger partial charge in [-0.3, -0.25) is 9.59 Å². The number of ether oxygens (including phenoxy) is 1. The Morgan fingerprint density at radius 3 is 2.44 bits per heavy atom. The third-order valence-corrected chi connectivity index (χ3v) is 6.57. The second kappa shape index (κ2) is 6.23. The normalized spacial score (nSPS) is 37.7. The smallest absolute Gasteiger partial charge is 0.312 e. The minimum Gasteiger partial charge on any atom is -0.378 e. The van der Waals surface area contributed by atoms with Crippen LogP contribution in [0.4, 0.5) is 0 Å². The van der Waals surface area contributed by atoms with Crippen LogP contribution in [0.3, 0.4) is 0 Å². The van der Waals surface area contributed by atoms with Crippen LogP contribution in [0.1, 0.15) is 39.5 Å². The SMILES string of the molecule is CC1(C)C[C@@H]2OCC[C@@H]2CN(C(=O)C(=O)N2C[C@@H](N)[C@H](C3CC3)C2)C1. The fourth-order valence-electron chi connectivity index (χ4n) is 5.07. The molecule has 3 heterocycles. The number of amides is 2. The summed E-state index contributed by atoms with van der Waals surface area (Å²) in [6, 6.07) is 0.0254. The molecular formula is C19H31N3O3. The third kappa shape index (κ3) is 3.43.